The summed E-state index contributed by atoms with van der Waals surface area (Å²) in [5, 5.41) is 21.5. The predicted molar refractivity (Wildman–Crippen MR) is 69.2 cm³/mol. The summed E-state index contributed by atoms with van der Waals surface area (Å²) in [7, 11) is 0. The normalized spacial score (nSPS) is 22.3. The smallest absolute Gasteiger partial charge is 0.326 e. The molecular formula is C12H13ClN2O4. The fraction of sp³-hybridized carbons (Fsp3) is 0.333. The summed E-state index contributed by atoms with van der Waals surface area (Å²) in [5.41, 5.74) is 0.475. The summed E-state index contributed by atoms with van der Waals surface area (Å²) in [6.07, 6.45) is -0.774. The Bertz CT molecular complexity index is 508. The van der Waals surface area contributed by atoms with Gasteiger partial charge in [0.1, 0.15) is 6.04 Å². The molecule has 1 heterocycles. The minimum absolute atomic E-state index is 0.00334. The van der Waals surface area contributed by atoms with Crippen LogP contribution in [-0.4, -0.2) is 45.8 Å². The number of hydrogen-bond acceptors (Lipinski definition) is 3. The van der Waals surface area contributed by atoms with E-state index >= 15 is 0 Å². The van der Waals surface area contributed by atoms with Crippen LogP contribution >= 0.6 is 11.6 Å². The van der Waals surface area contributed by atoms with Crippen LogP contribution in [0.25, 0.3) is 0 Å². The number of benzene rings is 1. The summed E-state index contributed by atoms with van der Waals surface area (Å²) in [5.74, 6) is -1.13. The molecule has 0 radical (unpaired) electrons. The zero-order valence-corrected chi connectivity index (χ0v) is 10.7. The molecule has 0 aromatic heterocycles. The van der Waals surface area contributed by atoms with Gasteiger partial charge in [0.05, 0.1) is 6.10 Å². The number of carboxylic acid groups (broad SMARTS) is 1. The maximum atomic E-state index is 12.0. The Morgan fingerprint density at radius 1 is 1.42 bits per heavy atom. The van der Waals surface area contributed by atoms with Gasteiger partial charge >= 0.3 is 12.0 Å². The van der Waals surface area contributed by atoms with Crippen molar-refractivity contribution < 1.29 is 19.8 Å². The highest BCUT2D eigenvalue weighted by Crippen LogP contribution is 2.21. The van der Waals surface area contributed by atoms with Gasteiger partial charge in [-0.1, -0.05) is 17.7 Å². The molecule has 0 saturated carbocycles. The highest BCUT2D eigenvalue weighted by atomic mass is 35.5. The fourth-order valence-corrected chi connectivity index (χ4v) is 2.22. The Morgan fingerprint density at radius 2 is 2.16 bits per heavy atom. The number of anilines is 1. The van der Waals surface area contributed by atoms with Gasteiger partial charge in [-0.25, -0.2) is 9.59 Å². The van der Waals surface area contributed by atoms with Crippen molar-refractivity contribution in [2.24, 2.45) is 0 Å². The number of rotatable bonds is 2. The molecule has 1 aromatic rings. The first-order valence-corrected chi connectivity index (χ1v) is 6.09. The summed E-state index contributed by atoms with van der Waals surface area (Å²) >= 11 is 5.79. The van der Waals surface area contributed by atoms with Crippen molar-refractivity contribution in [3.05, 3.63) is 29.3 Å². The highest BCUT2D eigenvalue weighted by molar-refractivity contribution is 6.30. The largest absolute Gasteiger partial charge is 0.480 e. The molecule has 7 heteroatoms. The minimum atomic E-state index is -1.13. The number of nitrogens with one attached hydrogen (secondary N) is 1. The molecule has 2 rings (SSSR count). The van der Waals surface area contributed by atoms with E-state index in [1.54, 1.807) is 24.3 Å². The van der Waals surface area contributed by atoms with E-state index in [0.29, 0.717) is 10.7 Å². The average Bonchev–Trinajstić information content (AvgIpc) is 2.71. The monoisotopic (exact) mass is 284 g/mol. The molecule has 102 valence electrons. The van der Waals surface area contributed by atoms with Crippen molar-refractivity contribution in [1.82, 2.24) is 4.90 Å². The molecule has 1 aliphatic rings. The lowest BCUT2D eigenvalue weighted by Crippen LogP contribution is -2.43. The van der Waals surface area contributed by atoms with Crippen LogP contribution in [0.4, 0.5) is 10.5 Å². The van der Waals surface area contributed by atoms with Crippen LogP contribution in [-0.2, 0) is 4.79 Å². The van der Waals surface area contributed by atoms with E-state index in [2.05, 4.69) is 5.32 Å². The van der Waals surface area contributed by atoms with Crippen LogP contribution in [0, 0.1) is 0 Å². The number of carbonyl (C=O) groups is 2. The van der Waals surface area contributed by atoms with Crippen molar-refractivity contribution in [2.45, 2.75) is 18.6 Å². The second-order valence-corrected chi connectivity index (χ2v) is 4.77. The molecule has 2 amide bonds. The van der Waals surface area contributed by atoms with Crippen LogP contribution < -0.4 is 5.32 Å². The van der Waals surface area contributed by atoms with Gasteiger partial charge in [0.2, 0.25) is 0 Å². The third-order valence-electron chi connectivity index (χ3n) is 2.90. The number of halogens is 1. The number of β-amino-alcohol motifs (C(OH)–C–C–N with tert-alkyl or cyclic N) is 1. The molecule has 1 fully saturated rings. The van der Waals surface area contributed by atoms with E-state index in [1.165, 1.54) is 0 Å². The third kappa shape index (κ3) is 3.15. The van der Waals surface area contributed by atoms with Crippen LogP contribution in [0.15, 0.2) is 24.3 Å². The zero-order valence-electron chi connectivity index (χ0n) is 9.91. The quantitative estimate of drug-likeness (QED) is 0.765. The van der Waals surface area contributed by atoms with Crippen LogP contribution in [0.1, 0.15) is 6.42 Å². The van der Waals surface area contributed by atoms with E-state index in [9.17, 15) is 14.7 Å². The first kappa shape index (κ1) is 13.6. The topological polar surface area (TPSA) is 89.9 Å². The molecule has 1 saturated heterocycles. The van der Waals surface area contributed by atoms with Gasteiger partial charge in [0, 0.05) is 23.7 Å². The first-order chi connectivity index (χ1) is 8.97. The van der Waals surface area contributed by atoms with Gasteiger partial charge in [0.25, 0.3) is 0 Å². The van der Waals surface area contributed by atoms with Gasteiger partial charge in [-0.2, -0.15) is 0 Å². The van der Waals surface area contributed by atoms with E-state index in [1.807, 2.05) is 0 Å². The number of carbonyl (C=O) groups excluding carboxylic acids is 1. The minimum Gasteiger partial charge on any atom is -0.480 e. The number of aliphatic hydroxyl groups is 1. The number of hydrogen-bond donors (Lipinski definition) is 3. The number of carboxylic acids is 1. The fourth-order valence-electron chi connectivity index (χ4n) is 2.03. The lowest BCUT2D eigenvalue weighted by molar-refractivity contribution is -0.141. The van der Waals surface area contributed by atoms with Gasteiger partial charge in [-0.05, 0) is 18.2 Å². The zero-order chi connectivity index (χ0) is 14.0. The Morgan fingerprint density at radius 3 is 2.79 bits per heavy atom. The first-order valence-electron chi connectivity index (χ1n) is 5.71. The molecule has 3 N–H and O–H groups in total. The number of nitrogens with zero attached hydrogens (tertiary/aromatic N) is 1. The second kappa shape index (κ2) is 5.46. The summed E-state index contributed by atoms with van der Waals surface area (Å²) in [6, 6.07) is 4.97. The standard InChI is InChI=1S/C12H13ClN2O4/c13-7-2-1-3-8(4-7)14-12(19)15-6-9(16)5-10(15)11(17)18/h1-4,9-10,16H,5-6H2,(H,14,19)(H,17,18)/t9-,10-/m0/s1. The molecule has 2 atom stereocenters. The Kier molecular flexibility index (Phi) is 3.92. The molecule has 0 unspecified atom stereocenters. The average molecular weight is 285 g/mol. The Balaban J connectivity index is 2.09. The number of aliphatic hydroxyl groups excluding tert-OH is 1. The lowest BCUT2D eigenvalue weighted by Gasteiger charge is -2.21. The van der Waals surface area contributed by atoms with Gasteiger partial charge < -0.3 is 20.4 Å². The van der Waals surface area contributed by atoms with Gasteiger partial charge in [-0.15, -0.1) is 0 Å². The van der Waals surface area contributed by atoms with Crippen molar-refractivity contribution in [1.29, 1.82) is 0 Å². The van der Waals surface area contributed by atoms with Crippen molar-refractivity contribution in [3.63, 3.8) is 0 Å². The van der Waals surface area contributed by atoms with Crippen LogP contribution in [0.2, 0.25) is 5.02 Å². The van der Waals surface area contributed by atoms with Crippen LogP contribution in [0.5, 0.6) is 0 Å². The number of aliphatic carboxylic acids is 1. The second-order valence-electron chi connectivity index (χ2n) is 4.34. The molecule has 6 nitrogen and oxygen atoms in total. The molecule has 1 aromatic carbocycles. The number of likely N-dealkylation sites (tertiary alicyclic amines) is 1. The molecule has 0 aliphatic carbocycles. The maximum absolute atomic E-state index is 12.0. The lowest BCUT2D eigenvalue weighted by atomic mass is 10.2. The number of urea groups is 1. The highest BCUT2D eigenvalue weighted by Gasteiger charge is 2.38. The van der Waals surface area contributed by atoms with Gasteiger partial charge in [0.15, 0.2) is 0 Å². The molecular weight excluding hydrogens is 272 g/mol. The van der Waals surface area contributed by atoms with Crippen molar-refractivity contribution >= 4 is 29.3 Å². The van der Waals surface area contributed by atoms with E-state index in [0.717, 1.165) is 4.90 Å². The van der Waals surface area contributed by atoms with Gasteiger partial charge in [-0.3, -0.25) is 0 Å². The van der Waals surface area contributed by atoms with Crippen molar-refractivity contribution in [3.8, 4) is 0 Å². The summed E-state index contributed by atoms with van der Waals surface area (Å²) in [6.45, 7) is 0.00334. The predicted octanol–water partition coefficient (Wildman–Crippen LogP) is 1.39. The molecule has 0 spiro atoms. The van der Waals surface area contributed by atoms with E-state index in [4.69, 9.17) is 16.7 Å². The van der Waals surface area contributed by atoms with E-state index in [-0.39, 0.29) is 13.0 Å². The van der Waals surface area contributed by atoms with E-state index < -0.39 is 24.1 Å². The van der Waals surface area contributed by atoms with Crippen molar-refractivity contribution in [2.75, 3.05) is 11.9 Å². The molecule has 1 aliphatic heterocycles. The Hall–Kier alpha value is -1.79. The molecule has 19 heavy (non-hydrogen) atoms. The van der Waals surface area contributed by atoms with Crippen LogP contribution in [0.3, 0.4) is 0 Å². The number of amides is 2. The summed E-state index contributed by atoms with van der Waals surface area (Å²) in [4.78, 5) is 24.1. The SMILES string of the molecule is O=C(O)[C@@H]1C[C@H](O)CN1C(=O)Nc1cccc(Cl)c1. The Labute approximate surface area is 114 Å². The summed E-state index contributed by atoms with van der Waals surface area (Å²) < 4.78 is 0. The molecule has 0 bridgehead atoms. The third-order valence-corrected chi connectivity index (χ3v) is 3.14. The maximum Gasteiger partial charge on any atom is 0.326 e.